The van der Waals surface area contributed by atoms with Crippen LogP contribution >= 0.6 is 11.6 Å². The molecular formula is C17H22ClNO3. The molecule has 22 heavy (non-hydrogen) atoms. The third-order valence-electron chi connectivity index (χ3n) is 4.45. The number of carboxylic acid groups (broad SMARTS) is 1. The normalized spacial score (nSPS) is 16.6. The molecular weight excluding hydrogens is 302 g/mol. The molecule has 2 rings (SSSR count). The number of carboxylic acids is 1. The molecule has 0 aliphatic carbocycles. The summed E-state index contributed by atoms with van der Waals surface area (Å²) in [4.78, 5) is 25.4. The quantitative estimate of drug-likeness (QED) is 0.924. The number of nitrogens with zero attached hydrogens (tertiary/aromatic N) is 1. The minimum absolute atomic E-state index is 0.0727. The summed E-state index contributed by atoms with van der Waals surface area (Å²) < 4.78 is 0. The van der Waals surface area contributed by atoms with E-state index in [-0.39, 0.29) is 18.2 Å². The summed E-state index contributed by atoms with van der Waals surface area (Å²) in [5.41, 5.74) is 0.266. The van der Waals surface area contributed by atoms with E-state index in [1.807, 2.05) is 36.9 Å². The molecule has 1 saturated heterocycles. The molecule has 0 saturated carbocycles. The summed E-state index contributed by atoms with van der Waals surface area (Å²) in [5.74, 6) is -0.511. The summed E-state index contributed by atoms with van der Waals surface area (Å²) in [6.07, 6.45) is 1.70. The Kier molecular flexibility index (Phi) is 5.12. The van der Waals surface area contributed by atoms with Crippen molar-refractivity contribution in [1.29, 1.82) is 0 Å². The Bertz CT molecular complexity index is 563. The summed E-state index contributed by atoms with van der Waals surface area (Å²) in [7, 11) is 0. The lowest BCUT2D eigenvalue weighted by Crippen LogP contribution is -2.47. The van der Waals surface area contributed by atoms with Gasteiger partial charge < -0.3 is 10.0 Å². The Labute approximate surface area is 136 Å². The van der Waals surface area contributed by atoms with Gasteiger partial charge in [-0.1, -0.05) is 23.7 Å². The number of halogens is 1. The minimum atomic E-state index is -0.760. The van der Waals surface area contributed by atoms with Gasteiger partial charge in [-0.3, -0.25) is 9.59 Å². The summed E-state index contributed by atoms with van der Waals surface area (Å²) in [6, 6.07) is 7.40. The second-order valence-corrected chi connectivity index (χ2v) is 6.91. The molecule has 1 aliphatic heterocycles. The molecule has 0 radical (unpaired) electrons. The number of benzene rings is 1. The van der Waals surface area contributed by atoms with E-state index in [0.717, 1.165) is 18.4 Å². The molecule has 0 bridgehead atoms. The fraction of sp³-hybridized carbons (Fsp3) is 0.529. The first-order chi connectivity index (χ1) is 10.3. The van der Waals surface area contributed by atoms with Crippen molar-refractivity contribution in [3.63, 3.8) is 0 Å². The minimum Gasteiger partial charge on any atom is -0.481 e. The highest BCUT2D eigenvalue weighted by Gasteiger charge is 2.35. The predicted molar refractivity (Wildman–Crippen MR) is 86.0 cm³/mol. The number of rotatable bonds is 4. The van der Waals surface area contributed by atoms with Gasteiger partial charge in [0.2, 0.25) is 5.91 Å². The van der Waals surface area contributed by atoms with Crippen molar-refractivity contribution in [2.75, 3.05) is 13.1 Å². The molecule has 0 aromatic heterocycles. The van der Waals surface area contributed by atoms with E-state index < -0.39 is 11.4 Å². The summed E-state index contributed by atoms with van der Waals surface area (Å²) in [5, 5.41) is 9.48. The Morgan fingerprint density at radius 2 is 1.95 bits per heavy atom. The Balaban J connectivity index is 2.04. The molecule has 0 atom stereocenters. The molecule has 120 valence electrons. The maximum Gasteiger partial charge on any atom is 0.303 e. The number of likely N-dealkylation sites (tertiary alicyclic amines) is 1. The lowest BCUT2D eigenvalue weighted by atomic mass is 9.82. The maximum atomic E-state index is 12.8. The highest BCUT2D eigenvalue weighted by Crippen LogP contribution is 2.30. The van der Waals surface area contributed by atoms with Crippen LogP contribution in [0.3, 0.4) is 0 Å². The molecule has 1 N–H and O–H groups in total. The first-order valence-electron chi connectivity index (χ1n) is 7.58. The van der Waals surface area contributed by atoms with Crippen LogP contribution in [0.25, 0.3) is 0 Å². The summed E-state index contributed by atoms with van der Waals surface area (Å²) >= 11 is 6.03. The Hall–Kier alpha value is -1.55. The van der Waals surface area contributed by atoms with Crippen LogP contribution in [0.5, 0.6) is 0 Å². The van der Waals surface area contributed by atoms with Crippen molar-refractivity contribution >= 4 is 23.5 Å². The molecule has 1 aromatic rings. The van der Waals surface area contributed by atoms with Crippen molar-refractivity contribution in [2.24, 2.45) is 5.92 Å². The van der Waals surface area contributed by atoms with Gasteiger partial charge >= 0.3 is 5.97 Å². The smallest absolute Gasteiger partial charge is 0.303 e. The van der Waals surface area contributed by atoms with Crippen molar-refractivity contribution in [3.8, 4) is 0 Å². The average Bonchev–Trinajstić information content (AvgIpc) is 2.46. The van der Waals surface area contributed by atoms with Crippen molar-refractivity contribution in [2.45, 2.75) is 38.5 Å². The first-order valence-corrected chi connectivity index (χ1v) is 7.95. The number of piperidine rings is 1. The van der Waals surface area contributed by atoms with E-state index in [0.29, 0.717) is 18.1 Å². The van der Waals surface area contributed by atoms with Gasteiger partial charge in [-0.05, 0) is 50.3 Å². The zero-order valence-corrected chi connectivity index (χ0v) is 13.8. The van der Waals surface area contributed by atoms with Crippen LogP contribution in [-0.2, 0) is 15.0 Å². The zero-order chi connectivity index (χ0) is 16.3. The van der Waals surface area contributed by atoms with E-state index in [2.05, 4.69) is 0 Å². The number of carbonyl (C=O) groups excluding carboxylic acids is 1. The molecule has 0 unspecified atom stereocenters. The first kappa shape index (κ1) is 16.8. The van der Waals surface area contributed by atoms with Crippen LogP contribution in [0.4, 0.5) is 0 Å². The number of hydrogen-bond donors (Lipinski definition) is 1. The van der Waals surface area contributed by atoms with E-state index in [1.54, 1.807) is 6.07 Å². The fourth-order valence-corrected chi connectivity index (χ4v) is 3.17. The third-order valence-corrected chi connectivity index (χ3v) is 4.68. The SMILES string of the molecule is CC(C)(C(=O)N1CCC(CC(=O)O)CC1)c1cccc(Cl)c1. The van der Waals surface area contributed by atoms with Gasteiger partial charge in [0.15, 0.2) is 0 Å². The lowest BCUT2D eigenvalue weighted by Gasteiger charge is -2.37. The molecule has 4 nitrogen and oxygen atoms in total. The van der Waals surface area contributed by atoms with Gasteiger partial charge in [-0.15, -0.1) is 0 Å². The van der Waals surface area contributed by atoms with E-state index in [9.17, 15) is 9.59 Å². The van der Waals surface area contributed by atoms with E-state index >= 15 is 0 Å². The Morgan fingerprint density at radius 1 is 1.32 bits per heavy atom. The highest BCUT2D eigenvalue weighted by atomic mass is 35.5. The number of hydrogen-bond acceptors (Lipinski definition) is 2. The van der Waals surface area contributed by atoms with Crippen molar-refractivity contribution in [1.82, 2.24) is 4.90 Å². The predicted octanol–water partition coefficient (Wildman–Crippen LogP) is 3.33. The summed E-state index contributed by atoms with van der Waals surface area (Å²) in [6.45, 7) is 5.07. The average molecular weight is 324 g/mol. The van der Waals surface area contributed by atoms with Crippen LogP contribution in [0.1, 0.15) is 38.7 Å². The van der Waals surface area contributed by atoms with Crippen LogP contribution < -0.4 is 0 Å². The lowest BCUT2D eigenvalue weighted by molar-refractivity contribution is -0.139. The van der Waals surface area contributed by atoms with Crippen LogP contribution in [0.15, 0.2) is 24.3 Å². The zero-order valence-electron chi connectivity index (χ0n) is 13.0. The van der Waals surface area contributed by atoms with Crippen molar-refractivity contribution < 1.29 is 14.7 Å². The van der Waals surface area contributed by atoms with Crippen molar-refractivity contribution in [3.05, 3.63) is 34.9 Å². The number of carbonyl (C=O) groups is 2. The van der Waals surface area contributed by atoms with Gasteiger partial charge in [0.05, 0.1) is 5.41 Å². The molecule has 1 amide bonds. The second kappa shape index (κ2) is 6.69. The molecule has 1 aliphatic rings. The molecule has 0 spiro atoms. The van der Waals surface area contributed by atoms with Gasteiger partial charge in [-0.25, -0.2) is 0 Å². The van der Waals surface area contributed by atoms with Gasteiger partial charge in [0, 0.05) is 24.5 Å². The van der Waals surface area contributed by atoms with Crippen LogP contribution in [0, 0.1) is 5.92 Å². The third kappa shape index (κ3) is 3.80. The van der Waals surface area contributed by atoms with Gasteiger partial charge in [0.25, 0.3) is 0 Å². The fourth-order valence-electron chi connectivity index (χ4n) is 2.98. The van der Waals surface area contributed by atoms with Gasteiger partial charge in [-0.2, -0.15) is 0 Å². The molecule has 5 heteroatoms. The highest BCUT2D eigenvalue weighted by molar-refractivity contribution is 6.30. The molecule has 1 fully saturated rings. The van der Waals surface area contributed by atoms with Crippen LogP contribution in [0.2, 0.25) is 5.02 Å². The maximum absolute atomic E-state index is 12.8. The number of aliphatic carboxylic acids is 1. The standard InChI is InChI=1S/C17H22ClNO3/c1-17(2,13-4-3-5-14(18)11-13)16(22)19-8-6-12(7-9-19)10-15(20)21/h3-5,11-12H,6-10H2,1-2H3,(H,20,21). The Morgan fingerprint density at radius 3 is 2.50 bits per heavy atom. The molecule has 1 heterocycles. The van der Waals surface area contributed by atoms with E-state index in [4.69, 9.17) is 16.7 Å². The van der Waals surface area contributed by atoms with E-state index in [1.165, 1.54) is 0 Å². The number of amides is 1. The molecule has 1 aromatic carbocycles. The van der Waals surface area contributed by atoms with Gasteiger partial charge in [0.1, 0.15) is 0 Å². The largest absolute Gasteiger partial charge is 0.481 e. The van der Waals surface area contributed by atoms with Crippen LogP contribution in [-0.4, -0.2) is 35.0 Å². The topological polar surface area (TPSA) is 57.6 Å². The second-order valence-electron chi connectivity index (χ2n) is 6.47. The monoisotopic (exact) mass is 323 g/mol.